The van der Waals surface area contributed by atoms with E-state index in [9.17, 15) is 15.0 Å². The third kappa shape index (κ3) is 3.39. The molecule has 0 aliphatic heterocycles. The normalized spacial score (nSPS) is 16.5. The molecular weight excluding hydrogens is 384 g/mol. The molecule has 4 N–H and O–H groups in total. The molecule has 1 aromatic carbocycles. The number of hydrogen-bond acceptors (Lipinski definition) is 6. The van der Waals surface area contributed by atoms with Crippen molar-refractivity contribution in [2.75, 3.05) is 0 Å². The van der Waals surface area contributed by atoms with Gasteiger partial charge >= 0.3 is 5.69 Å². The van der Waals surface area contributed by atoms with Crippen molar-refractivity contribution in [3.05, 3.63) is 69.0 Å². The van der Waals surface area contributed by atoms with E-state index in [1.807, 2.05) is 30.3 Å². The smallest absolute Gasteiger partial charge is 0.326 e. The number of nitrogens with zero attached hydrogens (tertiary/aromatic N) is 4. The molecule has 0 radical (unpaired) electrons. The standard InChI is InChI=1S/C21H20N6O3/c1-11(28)12-3-2-4-13(7-12)16-9-18(23-15-5-6-15)27-19(24-16)14(10-22-27)8-17-20(29)26-21(30)25-17/h2-4,7-11,15,28-29H,5-6H2,1H3,(H2,25,26,30). The molecule has 9 heteroatoms. The number of aliphatic hydroxyl groups is 1. The maximum Gasteiger partial charge on any atom is 0.326 e. The first kappa shape index (κ1) is 18.3. The van der Waals surface area contributed by atoms with Crippen molar-refractivity contribution in [2.45, 2.75) is 31.9 Å². The van der Waals surface area contributed by atoms with Gasteiger partial charge in [-0.05, 0) is 37.5 Å². The molecule has 4 aromatic rings. The number of fused-ring (bicyclic) bond motifs is 1. The van der Waals surface area contributed by atoms with Crippen LogP contribution in [0.1, 0.15) is 37.1 Å². The maximum atomic E-state index is 11.4. The molecule has 1 unspecified atom stereocenters. The van der Waals surface area contributed by atoms with Crippen LogP contribution in [0.2, 0.25) is 0 Å². The van der Waals surface area contributed by atoms with Crippen molar-refractivity contribution < 1.29 is 10.2 Å². The monoisotopic (exact) mass is 404 g/mol. The third-order valence-corrected chi connectivity index (χ3v) is 5.04. The Labute approximate surface area is 170 Å². The largest absolute Gasteiger partial charge is 0.493 e. The number of aromatic nitrogens is 5. The predicted molar refractivity (Wildman–Crippen MR) is 110 cm³/mol. The molecule has 0 amide bonds. The molecule has 1 aliphatic carbocycles. The van der Waals surface area contributed by atoms with Gasteiger partial charge in [-0.2, -0.15) is 9.61 Å². The number of imidazole rings is 1. The second kappa shape index (κ2) is 6.96. The molecule has 0 spiro atoms. The van der Waals surface area contributed by atoms with E-state index in [2.05, 4.69) is 15.1 Å². The molecule has 0 saturated heterocycles. The van der Waals surface area contributed by atoms with Crippen LogP contribution in [0.15, 0.2) is 46.3 Å². The lowest BCUT2D eigenvalue weighted by Gasteiger charge is -2.08. The lowest BCUT2D eigenvalue weighted by molar-refractivity contribution is 0.199. The zero-order valence-electron chi connectivity index (χ0n) is 16.2. The molecule has 9 nitrogen and oxygen atoms in total. The summed E-state index contributed by atoms with van der Waals surface area (Å²) in [6.07, 6.45) is 4.75. The van der Waals surface area contributed by atoms with Crippen LogP contribution in [0.3, 0.4) is 0 Å². The van der Waals surface area contributed by atoms with Crippen LogP contribution in [-0.4, -0.2) is 40.8 Å². The van der Waals surface area contributed by atoms with Crippen LogP contribution in [0.4, 0.5) is 0 Å². The van der Waals surface area contributed by atoms with Crippen molar-refractivity contribution in [1.29, 1.82) is 0 Å². The highest BCUT2D eigenvalue weighted by molar-refractivity contribution is 5.64. The average Bonchev–Trinajstić information content (AvgIpc) is 3.36. The van der Waals surface area contributed by atoms with Crippen LogP contribution in [0.5, 0.6) is 5.88 Å². The fourth-order valence-corrected chi connectivity index (χ4v) is 3.30. The number of aromatic amines is 2. The van der Waals surface area contributed by atoms with E-state index in [-0.39, 0.29) is 17.6 Å². The van der Waals surface area contributed by atoms with Gasteiger partial charge in [0.2, 0.25) is 5.88 Å². The van der Waals surface area contributed by atoms with Crippen LogP contribution < -0.4 is 16.4 Å². The number of benzene rings is 1. The van der Waals surface area contributed by atoms with Crippen molar-refractivity contribution in [3.63, 3.8) is 0 Å². The minimum Gasteiger partial charge on any atom is -0.493 e. The number of rotatable bonds is 4. The summed E-state index contributed by atoms with van der Waals surface area (Å²) in [5, 5.41) is 24.9. The summed E-state index contributed by atoms with van der Waals surface area (Å²) in [5.74, 6) is -0.247. The lowest BCUT2D eigenvalue weighted by atomic mass is 10.0. The van der Waals surface area contributed by atoms with Gasteiger partial charge < -0.3 is 15.2 Å². The molecule has 152 valence electrons. The van der Waals surface area contributed by atoms with E-state index in [0.29, 0.717) is 22.0 Å². The van der Waals surface area contributed by atoms with Gasteiger partial charge in [-0.15, -0.1) is 0 Å². The number of aromatic hydroxyl groups is 1. The van der Waals surface area contributed by atoms with Gasteiger partial charge in [0, 0.05) is 16.8 Å². The number of aliphatic hydroxyl groups excluding tert-OH is 1. The maximum absolute atomic E-state index is 11.4. The van der Waals surface area contributed by atoms with Gasteiger partial charge in [0.05, 0.1) is 24.0 Å². The zero-order valence-corrected chi connectivity index (χ0v) is 16.2. The molecular formula is C21H20N6O3. The van der Waals surface area contributed by atoms with Gasteiger partial charge in [-0.1, -0.05) is 18.2 Å². The van der Waals surface area contributed by atoms with Crippen molar-refractivity contribution in [2.24, 2.45) is 4.99 Å². The van der Waals surface area contributed by atoms with E-state index in [4.69, 9.17) is 9.98 Å². The Morgan fingerprint density at radius 3 is 2.83 bits per heavy atom. The Kier molecular flexibility index (Phi) is 4.25. The van der Waals surface area contributed by atoms with Gasteiger partial charge in [-0.3, -0.25) is 9.98 Å². The van der Waals surface area contributed by atoms with Gasteiger partial charge in [0.25, 0.3) is 0 Å². The summed E-state index contributed by atoms with van der Waals surface area (Å²) >= 11 is 0. The zero-order chi connectivity index (χ0) is 20.8. The summed E-state index contributed by atoms with van der Waals surface area (Å²) in [6, 6.07) is 9.76. The van der Waals surface area contributed by atoms with Gasteiger partial charge in [-0.25, -0.2) is 9.78 Å². The highest BCUT2D eigenvalue weighted by Crippen LogP contribution is 2.24. The Morgan fingerprint density at radius 1 is 1.30 bits per heavy atom. The van der Waals surface area contributed by atoms with E-state index in [1.54, 1.807) is 23.7 Å². The molecule has 3 heterocycles. The highest BCUT2D eigenvalue weighted by Gasteiger charge is 2.20. The molecule has 1 saturated carbocycles. The molecule has 5 rings (SSSR count). The number of H-pyrrole nitrogens is 2. The van der Waals surface area contributed by atoms with E-state index < -0.39 is 11.8 Å². The minimum absolute atomic E-state index is 0.247. The second-order valence-electron chi connectivity index (χ2n) is 7.48. The summed E-state index contributed by atoms with van der Waals surface area (Å²) in [7, 11) is 0. The van der Waals surface area contributed by atoms with E-state index in [1.165, 1.54) is 0 Å². The summed E-state index contributed by atoms with van der Waals surface area (Å²) < 4.78 is 1.66. The van der Waals surface area contributed by atoms with Crippen molar-refractivity contribution >= 4 is 11.7 Å². The van der Waals surface area contributed by atoms with Crippen LogP contribution in [0.25, 0.3) is 23.0 Å². The topological polar surface area (TPSA) is 132 Å². The molecule has 1 aliphatic rings. The number of hydrogen-bond donors (Lipinski definition) is 4. The lowest BCUT2D eigenvalue weighted by Crippen LogP contribution is -2.19. The molecule has 1 atom stereocenters. The van der Waals surface area contributed by atoms with E-state index in [0.717, 1.165) is 24.0 Å². The van der Waals surface area contributed by atoms with Crippen molar-refractivity contribution in [1.82, 2.24) is 24.6 Å². The summed E-state index contributed by atoms with van der Waals surface area (Å²) in [4.78, 5) is 25.8. The molecule has 30 heavy (non-hydrogen) atoms. The summed E-state index contributed by atoms with van der Waals surface area (Å²) in [5.41, 5.74) is 3.34. The summed E-state index contributed by atoms with van der Waals surface area (Å²) in [6.45, 7) is 1.72. The Balaban J connectivity index is 1.76. The van der Waals surface area contributed by atoms with Crippen LogP contribution in [0, 0.1) is 0 Å². The fraction of sp³-hybridized carbons (Fsp3) is 0.238. The van der Waals surface area contributed by atoms with Crippen LogP contribution >= 0.6 is 0 Å². The Bertz CT molecular complexity index is 1430. The first-order valence-electron chi connectivity index (χ1n) is 9.72. The minimum atomic E-state index is -0.587. The fourth-order valence-electron chi connectivity index (χ4n) is 3.30. The second-order valence-corrected chi connectivity index (χ2v) is 7.48. The Morgan fingerprint density at radius 2 is 2.13 bits per heavy atom. The highest BCUT2D eigenvalue weighted by atomic mass is 16.3. The van der Waals surface area contributed by atoms with E-state index >= 15 is 0 Å². The van der Waals surface area contributed by atoms with Gasteiger partial charge in [0.15, 0.2) is 11.1 Å². The average molecular weight is 404 g/mol. The number of nitrogens with one attached hydrogen (secondary N) is 2. The molecule has 0 bridgehead atoms. The SMILES string of the molecule is CC(O)c1cccc(-c2cc(=NC3CC3)n3ncc(=Cc4[nH]c(=O)[nH]c4O)c3n2)c1. The first-order valence-corrected chi connectivity index (χ1v) is 9.72. The van der Waals surface area contributed by atoms with Crippen molar-refractivity contribution in [3.8, 4) is 17.1 Å². The third-order valence-electron chi connectivity index (χ3n) is 5.04. The van der Waals surface area contributed by atoms with Crippen LogP contribution in [-0.2, 0) is 0 Å². The first-order chi connectivity index (χ1) is 14.5. The quantitative estimate of drug-likeness (QED) is 0.399. The molecule has 3 aromatic heterocycles. The van der Waals surface area contributed by atoms with Gasteiger partial charge in [0.1, 0.15) is 5.69 Å². The molecule has 1 fully saturated rings. The predicted octanol–water partition coefficient (Wildman–Crippen LogP) is 0.782. The Hall–Kier alpha value is -3.72.